The Kier molecular flexibility index (Phi) is 7.92. The Hall–Kier alpha value is -3.23. The van der Waals surface area contributed by atoms with Gasteiger partial charge in [0.2, 0.25) is 11.8 Å². The van der Waals surface area contributed by atoms with Crippen LogP contribution >= 0.6 is 10.0 Å². The molecule has 212 valence electrons. The minimum absolute atomic E-state index is 0.0428. The summed E-state index contributed by atoms with van der Waals surface area (Å²) in [6.45, 7) is 1.13. The fourth-order valence-corrected chi connectivity index (χ4v) is 7.04. The molecule has 1 fully saturated rings. The van der Waals surface area contributed by atoms with E-state index in [-0.39, 0.29) is 17.1 Å². The van der Waals surface area contributed by atoms with E-state index in [1.807, 2.05) is 6.92 Å². The average Bonchev–Trinajstić information content (AvgIpc) is 3.07. The number of hydrogen-bond acceptors (Lipinski definition) is 6. The highest BCUT2D eigenvalue weighted by Gasteiger charge is 2.40. The topological polar surface area (TPSA) is 125 Å². The zero-order chi connectivity index (χ0) is 28.7. The molecule has 0 unspecified atom stereocenters. The molecule has 1 saturated heterocycles. The Labute approximate surface area is 227 Å². The Bertz CT molecular complexity index is 1420. The van der Waals surface area contributed by atoms with Crippen LogP contribution in [0.2, 0.25) is 0 Å². The number of hydrogen-bond donors (Lipinski definition) is 2. The minimum Gasteiger partial charge on any atom is -0.494 e. The van der Waals surface area contributed by atoms with Crippen molar-refractivity contribution in [1.29, 1.82) is 0 Å². The first kappa shape index (κ1) is 28.8. The predicted octanol–water partition coefficient (Wildman–Crippen LogP) is 2.16. The monoisotopic (exact) mass is 584 g/mol. The van der Waals surface area contributed by atoms with Gasteiger partial charge in [0.25, 0.3) is 5.91 Å². The molecule has 2 aliphatic heterocycles. The third kappa shape index (κ3) is 6.02. The van der Waals surface area contributed by atoms with Gasteiger partial charge in [-0.25, -0.2) is 23.5 Å². The third-order valence-electron chi connectivity index (χ3n) is 6.31. The van der Waals surface area contributed by atoms with Gasteiger partial charge in [0.1, 0.15) is 23.4 Å². The summed E-state index contributed by atoms with van der Waals surface area (Å²) < 4.78 is 62.1. The highest BCUT2D eigenvalue weighted by Crippen LogP contribution is 2.48. The van der Waals surface area contributed by atoms with Crippen molar-refractivity contribution in [3.05, 3.63) is 53.1 Å². The number of anilines is 1. The van der Waals surface area contributed by atoms with Crippen LogP contribution in [-0.2, 0) is 31.0 Å². The average molecular weight is 585 g/mol. The molecule has 2 aromatic rings. The molecule has 2 aliphatic rings. The number of rotatable bonds is 7. The molecule has 3 amide bonds. The minimum atomic E-state index is -4.17. The van der Waals surface area contributed by atoms with Crippen molar-refractivity contribution in [2.24, 2.45) is 0 Å². The Morgan fingerprint density at radius 3 is 2.38 bits per heavy atom. The maximum atomic E-state index is 14.8. The second-order valence-electron chi connectivity index (χ2n) is 9.93. The van der Waals surface area contributed by atoms with E-state index in [1.165, 1.54) is 4.90 Å². The lowest BCUT2D eigenvalue weighted by molar-refractivity contribution is -0.139. The van der Waals surface area contributed by atoms with Gasteiger partial charge in [0.05, 0.1) is 24.6 Å². The molecular formula is C25H30F2N4O6S2. The predicted molar refractivity (Wildman–Crippen MR) is 143 cm³/mol. The Balaban J connectivity index is 1.67. The number of halogens is 2. The molecule has 0 aliphatic carbocycles. The number of nitrogens with zero attached hydrogens (tertiary/aromatic N) is 2. The molecular weight excluding hydrogens is 554 g/mol. The molecule has 2 N–H and O–H groups in total. The summed E-state index contributed by atoms with van der Waals surface area (Å²) in [5.41, 5.74) is 1.08. The number of carbonyl (C=O) groups is 3. The molecule has 14 heteroatoms. The molecule has 0 bridgehead atoms. The first-order valence-electron chi connectivity index (χ1n) is 12.1. The normalized spacial score (nSPS) is 19.3. The van der Waals surface area contributed by atoms with Gasteiger partial charge >= 0.3 is 10.2 Å². The van der Waals surface area contributed by atoms with Crippen molar-refractivity contribution in [1.82, 2.24) is 13.9 Å². The lowest BCUT2D eigenvalue weighted by atomic mass is 9.91. The summed E-state index contributed by atoms with van der Waals surface area (Å²) in [6.07, 6.45) is 5.59. The van der Waals surface area contributed by atoms with E-state index in [4.69, 9.17) is 4.74 Å². The molecule has 39 heavy (non-hydrogen) atoms. The Morgan fingerprint density at radius 2 is 1.82 bits per heavy atom. The summed E-state index contributed by atoms with van der Waals surface area (Å²) in [6, 6.07) is 5.88. The van der Waals surface area contributed by atoms with Crippen LogP contribution in [0.5, 0.6) is 5.75 Å². The molecule has 4 rings (SSSR count). The van der Waals surface area contributed by atoms with Gasteiger partial charge in [-0.2, -0.15) is 12.7 Å². The van der Waals surface area contributed by atoms with Crippen LogP contribution in [0.4, 0.5) is 14.5 Å². The summed E-state index contributed by atoms with van der Waals surface area (Å²) in [7, 11) is -5.90. The van der Waals surface area contributed by atoms with E-state index < -0.39 is 68.7 Å². The first-order valence-corrected chi connectivity index (χ1v) is 16.3. The van der Waals surface area contributed by atoms with Crippen LogP contribution in [0.15, 0.2) is 35.2 Å². The van der Waals surface area contributed by atoms with E-state index in [0.29, 0.717) is 28.6 Å². The number of ether oxygens (including phenoxy) is 1. The highest BCUT2D eigenvalue weighted by atomic mass is 32.3. The largest absolute Gasteiger partial charge is 0.494 e. The second kappa shape index (κ2) is 10.7. The van der Waals surface area contributed by atoms with Gasteiger partial charge in [-0.1, -0.05) is 6.07 Å². The Morgan fingerprint density at radius 1 is 1.15 bits per heavy atom. The third-order valence-corrected chi connectivity index (χ3v) is 9.35. The molecule has 0 aromatic heterocycles. The number of nitrogens with one attached hydrogen (secondary N) is 2. The SMILES string of the molecule is CCOc1ccc2c(c1)CCN(C(=O)CN1CC(=O)NS1(=O)=O)[C@H]2C(=O)Nc1cc(F)c(S(C)(C)C)c(F)c1. The molecule has 0 radical (unpaired) electrons. The van der Waals surface area contributed by atoms with Gasteiger partial charge in [-0.05, 0) is 67.5 Å². The van der Waals surface area contributed by atoms with E-state index in [1.54, 1.807) is 41.7 Å². The molecule has 0 spiro atoms. The standard InChI is InChI=1S/C25H30F2N4O6S2/c1-5-37-17-6-7-18-15(10-17)8-9-31(22(33)14-30-13-21(32)29-39(30,35)36)23(18)25(34)28-16-11-19(26)24(20(27)12-16)38(2,3)4/h6-7,10-12,23H,5,8-9,13-14H2,1-4H3,(H,28,34)(H,29,32)/t23-/m1/s1. The van der Waals surface area contributed by atoms with E-state index in [0.717, 1.165) is 17.7 Å². The zero-order valence-corrected chi connectivity index (χ0v) is 23.5. The van der Waals surface area contributed by atoms with Gasteiger partial charge < -0.3 is 15.0 Å². The molecule has 2 heterocycles. The van der Waals surface area contributed by atoms with Crippen LogP contribution < -0.4 is 14.8 Å². The van der Waals surface area contributed by atoms with Crippen molar-refractivity contribution in [3.8, 4) is 5.75 Å². The van der Waals surface area contributed by atoms with Gasteiger partial charge in [-0.3, -0.25) is 14.4 Å². The zero-order valence-electron chi connectivity index (χ0n) is 21.9. The van der Waals surface area contributed by atoms with Crippen LogP contribution in [0.25, 0.3) is 0 Å². The fourth-order valence-electron chi connectivity index (χ4n) is 4.71. The van der Waals surface area contributed by atoms with Crippen molar-refractivity contribution in [3.63, 3.8) is 0 Å². The van der Waals surface area contributed by atoms with Crippen LogP contribution in [-0.4, -0.2) is 80.4 Å². The van der Waals surface area contributed by atoms with E-state index >= 15 is 0 Å². The fraction of sp³-hybridized carbons (Fsp3) is 0.400. The number of carbonyl (C=O) groups excluding carboxylic acids is 3. The lowest BCUT2D eigenvalue weighted by Gasteiger charge is -2.37. The molecule has 0 saturated carbocycles. The smallest absolute Gasteiger partial charge is 0.304 e. The summed E-state index contributed by atoms with van der Waals surface area (Å²) in [4.78, 5) is 39.7. The lowest BCUT2D eigenvalue weighted by Crippen LogP contribution is -2.49. The van der Waals surface area contributed by atoms with Crippen molar-refractivity contribution >= 4 is 43.6 Å². The highest BCUT2D eigenvalue weighted by molar-refractivity contribution is 8.32. The van der Waals surface area contributed by atoms with Crippen molar-refractivity contribution in [2.75, 3.05) is 50.3 Å². The second-order valence-corrected chi connectivity index (χ2v) is 15.7. The number of benzene rings is 2. The van der Waals surface area contributed by atoms with Crippen LogP contribution in [0.1, 0.15) is 24.1 Å². The molecule has 1 atom stereocenters. The van der Waals surface area contributed by atoms with Gasteiger partial charge in [0.15, 0.2) is 0 Å². The van der Waals surface area contributed by atoms with Crippen molar-refractivity contribution < 1.29 is 36.3 Å². The van der Waals surface area contributed by atoms with Crippen molar-refractivity contribution in [2.45, 2.75) is 24.3 Å². The van der Waals surface area contributed by atoms with Gasteiger partial charge in [-0.15, -0.1) is 0 Å². The summed E-state index contributed by atoms with van der Waals surface area (Å²) in [5.74, 6) is -3.22. The molecule has 2 aromatic carbocycles. The van der Waals surface area contributed by atoms with E-state index in [2.05, 4.69) is 5.32 Å². The summed E-state index contributed by atoms with van der Waals surface area (Å²) >= 11 is 0. The van der Waals surface area contributed by atoms with Gasteiger partial charge in [0, 0.05) is 12.2 Å². The maximum absolute atomic E-state index is 14.8. The molecule has 10 nitrogen and oxygen atoms in total. The number of fused-ring (bicyclic) bond motifs is 1. The number of amides is 3. The first-order chi connectivity index (χ1) is 18.2. The van der Waals surface area contributed by atoms with Crippen LogP contribution in [0.3, 0.4) is 0 Å². The maximum Gasteiger partial charge on any atom is 0.304 e. The quantitative estimate of drug-likeness (QED) is 0.514. The van der Waals surface area contributed by atoms with E-state index in [9.17, 15) is 31.6 Å². The summed E-state index contributed by atoms with van der Waals surface area (Å²) in [5, 5.41) is 2.52. The van der Waals surface area contributed by atoms with Crippen LogP contribution in [0, 0.1) is 11.6 Å².